The molecule has 0 saturated heterocycles. The highest BCUT2D eigenvalue weighted by Gasteiger charge is 2.08. The van der Waals surface area contributed by atoms with Gasteiger partial charge in [0.2, 0.25) is 0 Å². The number of nitrogens with zero attached hydrogens (tertiary/aromatic N) is 1. The van der Waals surface area contributed by atoms with Crippen molar-refractivity contribution in [2.45, 2.75) is 0 Å². The summed E-state index contributed by atoms with van der Waals surface area (Å²) in [5.41, 5.74) is 0.480. The first kappa shape index (κ1) is 11.3. The molecule has 16 heavy (non-hydrogen) atoms. The summed E-state index contributed by atoms with van der Waals surface area (Å²) in [6, 6.07) is 5.23. The summed E-state index contributed by atoms with van der Waals surface area (Å²) in [5.74, 6) is 0.279. The summed E-state index contributed by atoms with van der Waals surface area (Å²) >= 11 is 6.57. The lowest BCUT2D eigenvalue weighted by molar-refractivity contribution is 0.102. The zero-order valence-corrected chi connectivity index (χ0v) is 11.2. The van der Waals surface area contributed by atoms with Crippen molar-refractivity contribution in [3.05, 3.63) is 45.2 Å². The zero-order chi connectivity index (χ0) is 11.5. The zero-order valence-electron chi connectivity index (χ0n) is 8.00. The fourth-order valence-electron chi connectivity index (χ4n) is 1.16. The molecule has 2 N–H and O–H groups in total. The molecule has 0 aliphatic rings. The van der Waals surface area contributed by atoms with Crippen molar-refractivity contribution in [2.24, 2.45) is 0 Å². The Balaban J connectivity index is 2.13. The molecule has 0 aliphatic heterocycles. The maximum atomic E-state index is 11.7. The van der Waals surface area contributed by atoms with Crippen LogP contribution in [0.25, 0.3) is 0 Å². The van der Waals surface area contributed by atoms with Gasteiger partial charge in [-0.25, -0.2) is 4.98 Å². The summed E-state index contributed by atoms with van der Waals surface area (Å²) < 4.78 is 1.70. The van der Waals surface area contributed by atoms with Crippen LogP contribution in [0.3, 0.4) is 0 Å². The Morgan fingerprint density at radius 3 is 2.75 bits per heavy atom. The standard InChI is InChI=1S/C10H7Br2N3O/c11-6-1-2-13-9(4-6)15-10(16)8-3-7(12)5-14-8/h1-5,14H,(H,13,15,16). The van der Waals surface area contributed by atoms with Gasteiger partial charge in [-0.3, -0.25) is 4.79 Å². The third-order valence-electron chi connectivity index (χ3n) is 1.86. The van der Waals surface area contributed by atoms with Gasteiger partial charge in [-0.15, -0.1) is 0 Å². The highest BCUT2D eigenvalue weighted by atomic mass is 79.9. The number of hydrogen-bond donors (Lipinski definition) is 2. The minimum absolute atomic E-state index is 0.226. The van der Waals surface area contributed by atoms with Gasteiger partial charge < -0.3 is 10.3 Å². The fraction of sp³-hybridized carbons (Fsp3) is 0. The minimum Gasteiger partial charge on any atom is -0.356 e. The molecule has 0 radical (unpaired) electrons. The number of rotatable bonds is 2. The Morgan fingerprint density at radius 1 is 1.31 bits per heavy atom. The molecular weight excluding hydrogens is 338 g/mol. The molecule has 2 aromatic heterocycles. The van der Waals surface area contributed by atoms with E-state index in [1.807, 2.05) is 0 Å². The van der Waals surface area contributed by atoms with Crippen LogP contribution in [0.4, 0.5) is 5.82 Å². The maximum Gasteiger partial charge on any atom is 0.273 e. The second kappa shape index (κ2) is 4.80. The predicted octanol–water partition coefficient (Wildman–Crippen LogP) is 3.19. The Kier molecular flexibility index (Phi) is 3.40. The quantitative estimate of drug-likeness (QED) is 0.879. The van der Waals surface area contributed by atoms with E-state index < -0.39 is 0 Å². The molecule has 2 rings (SSSR count). The molecule has 0 unspecified atom stereocenters. The van der Waals surface area contributed by atoms with Gasteiger partial charge in [0.25, 0.3) is 5.91 Å². The topological polar surface area (TPSA) is 57.8 Å². The summed E-state index contributed by atoms with van der Waals surface area (Å²) in [7, 11) is 0. The first-order valence-electron chi connectivity index (χ1n) is 4.42. The third kappa shape index (κ3) is 2.70. The Labute approximate surface area is 109 Å². The number of aromatic amines is 1. The van der Waals surface area contributed by atoms with Gasteiger partial charge in [-0.05, 0) is 34.1 Å². The van der Waals surface area contributed by atoms with Crippen molar-refractivity contribution in [3.63, 3.8) is 0 Å². The Morgan fingerprint density at radius 2 is 2.12 bits per heavy atom. The van der Waals surface area contributed by atoms with Crippen LogP contribution in [0.2, 0.25) is 0 Å². The van der Waals surface area contributed by atoms with E-state index >= 15 is 0 Å². The van der Waals surface area contributed by atoms with E-state index in [2.05, 4.69) is 47.1 Å². The Hall–Kier alpha value is -1.14. The molecule has 4 nitrogen and oxygen atoms in total. The van der Waals surface area contributed by atoms with Gasteiger partial charge in [0, 0.05) is 21.3 Å². The lowest BCUT2D eigenvalue weighted by Crippen LogP contribution is -2.13. The van der Waals surface area contributed by atoms with Crippen LogP contribution < -0.4 is 5.32 Å². The first-order valence-corrected chi connectivity index (χ1v) is 6.00. The number of halogens is 2. The SMILES string of the molecule is O=C(Nc1cc(Br)ccn1)c1cc(Br)c[nH]1. The van der Waals surface area contributed by atoms with E-state index in [1.165, 1.54) is 0 Å². The van der Waals surface area contributed by atoms with E-state index in [1.54, 1.807) is 30.6 Å². The van der Waals surface area contributed by atoms with Crippen LogP contribution in [-0.2, 0) is 0 Å². The van der Waals surface area contributed by atoms with Crippen molar-refractivity contribution in [3.8, 4) is 0 Å². The van der Waals surface area contributed by atoms with Gasteiger partial charge in [0.1, 0.15) is 11.5 Å². The fourth-order valence-corrected chi connectivity index (χ4v) is 1.83. The predicted molar refractivity (Wildman–Crippen MR) is 68.4 cm³/mol. The number of carbonyl (C=O) groups excluding carboxylic acids is 1. The molecule has 0 fully saturated rings. The monoisotopic (exact) mass is 343 g/mol. The van der Waals surface area contributed by atoms with Gasteiger partial charge in [-0.2, -0.15) is 0 Å². The second-order valence-electron chi connectivity index (χ2n) is 3.04. The molecular formula is C10H7Br2N3O. The highest BCUT2D eigenvalue weighted by Crippen LogP contribution is 2.15. The number of aromatic nitrogens is 2. The molecule has 82 valence electrons. The Bertz CT molecular complexity index is 524. The van der Waals surface area contributed by atoms with Crippen LogP contribution >= 0.6 is 31.9 Å². The van der Waals surface area contributed by atoms with Crippen molar-refractivity contribution >= 4 is 43.6 Å². The van der Waals surface area contributed by atoms with E-state index in [4.69, 9.17) is 0 Å². The van der Waals surface area contributed by atoms with E-state index in [0.717, 1.165) is 8.95 Å². The molecule has 6 heteroatoms. The van der Waals surface area contributed by atoms with Gasteiger partial charge in [-0.1, -0.05) is 15.9 Å². The van der Waals surface area contributed by atoms with E-state index in [9.17, 15) is 4.79 Å². The van der Waals surface area contributed by atoms with Crippen molar-refractivity contribution in [1.29, 1.82) is 0 Å². The molecule has 0 saturated carbocycles. The summed E-state index contributed by atoms with van der Waals surface area (Å²) in [6.07, 6.45) is 3.31. The van der Waals surface area contributed by atoms with Crippen LogP contribution in [0.1, 0.15) is 10.5 Å². The van der Waals surface area contributed by atoms with E-state index in [-0.39, 0.29) is 5.91 Å². The molecule has 0 aromatic carbocycles. The number of amides is 1. The molecule has 0 aliphatic carbocycles. The summed E-state index contributed by atoms with van der Waals surface area (Å²) in [5, 5.41) is 2.68. The average molecular weight is 345 g/mol. The van der Waals surface area contributed by atoms with Crippen LogP contribution in [0, 0.1) is 0 Å². The number of H-pyrrole nitrogens is 1. The summed E-state index contributed by atoms with van der Waals surface area (Å²) in [6.45, 7) is 0. The number of carbonyl (C=O) groups is 1. The lowest BCUT2D eigenvalue weighted by atomic mass is 10.4. The van der Waals surface area contributed by atoms with Crippen LogP contribution in [-0.4, -0.2) is 15.9 Å². The van der Waals surface area contributed by atoms with Crippen molar-refractivity contribution in [1.82, 2.24) is 9.97 Å². The third-order valence-corrected chi connectivity index (χ3v) is 2.81. The highest BCUT2D eigenvalue weighted by molar-refractivity contribution is 9.10. The molecule has 0 bridgehead atoms. The molecule has 1 amide bonds. The second-order valence-corrected chi connectivity index (χ2v) is 4.88. The van der Waals surface area contributed by atoms with Crippen molar-refractivity contribution in [2.75, 3.05) is 5.32 Å². The average Bonchev–Trinajstić information content (AvgIpc) is 2.65. The number of anilines is 1. The smallest absolute Gasteiger partial charge is 0.273 e. The number of hydrogen-bond acceptors (Lipinski definition) is 2. The lowest BCUT2D eigenvalue weighted by Gasteiger charge is -2.02. The number of nitrogens with one attached hydrogen (secondary N) is 2. The minimum atomic E-state index is -0.226. The normalized spacial score (nSPS) is 10.1. The van der Waals surface area contributed by atoms with Gasteiger partial charge in [0.05, 0.1) is 0 Å². The van der Waals surface area contributed by atoms with E-state index in [0.29, 0.717) is 11.5 Å². The molecule has 2 aromatic rings. The maximum absolute atomic E-state index is 11.7. The summed E-state index contributed by atoms with van der Waals surface area (Å²) in [4.78, 5) is 18.6. The molecule has 2 heterocycles. The van der Waals surface area contributed by atoms with Gasteiger partial charge >= 0.3 is 0 Å². The molecule has 0 spiro atoms. The first-order chi connectivity index (χ1) is 7.65. The molecule has 0 atom stereocenters. The van der Waals surface area contributed by atoms with Crippen LogP contribution in [0.15, 0.2) is 39.5 Å². The number of pyridine rings is 1. The van der Waals surface area contributed by atoms with Gasteiger partial charge in [0.15, 0.2) is 0 Å². The van der Waals surface area contributed by atoms with Crippen LogP contribution in [0.5, 0.6) is 0 Å². The van der Waals surface area contributed by atoms with Crippen molar-refractivity contribution < 1.29 is 4.79 Å². The largest absolute Gasteiger partial charge is 0.356 e.